The van der Waals surface area contributed by atoms with Crippen LogP contribution in [0.5, 0.6) is 0 Å². The van der Waals surface area contributed by atoms with Gasteiger partial charge in [0.1, 0.15) is 0 Å². The van der Waals surface area contributed by atoms with E-state index < -0.39 is 0 Å². The molecule has 2 rings (SSSR count). The Hall–Kier alpha value is -1.42. The summed E-state index contributed by atoms with van der Waals surface area (Å²) in [6.45, 7) is 2.01. The molecule has 0 spiro atoms. The van der Waals surface area contributed by atoms with E-state index in [-0.39, 0.29) is 0 Å². The van der Waals surface area contributed by atoms with Crippen LogP contribution in [0.3, 0.4) is 0 Å². The molecular formula is C10H11N3S. The van der Waals surface area contributed by atoms with Crippen molar-refractivity contribution in [2.24, 2.45) is 0 Å². The lowest BCUT2D eigenvalue weighted by Gasteiger charge is -2.02. The number of aryl methyl sites for hydroxylation is 1. The van der Waals surface area contributed by atoms with Crippen molar-refractivity contribution in [2.75, 3.05) is 5.73 Å². The molecule has 0 aliphatic heterocycles. The molecule has 3 nitrogen and oxygen atoms in total. The molecule has 0 atom stereocenters. The maximum atomic E-state index is 5.83. The summed E-state index contributed by atoms with van der Waals surface area (Å²) in [6, 6.07) is 1.83. The molecule has 2 N–H and O–H groups in total. The molecule has 0 saturated heterocycles. The van der Waals surface area contributed by atoms with Gasteiger partial charge in [-0.3, -0.25) is 4.98 Å². The van der Waals surface area contributed by atoms with Gasteiger partial charge in [-0.05, 0) is 18.6 Å². The molecule has 0 aliphatic rings. The minimum Gasteiger partial charge on any atom is -0.398 e. The Bertz CT molecular complexity index is 436. The van der Waals surface area contributed by atoms with Crippen LogP contribution in [-0.2, 0) is 6.42 Å². The normalized spacial score (nSPS) is 10.4. The standard InChI is InChI=1S/C10H11N3S/c1-7-10(14-6-13-7)4-8-5-12-3-2-9(8)11/h2-3,5-6H,4H2,1H3,(H2,11,12). The van der Waals surface area contributed by atoms with E-state index in [1.165, 1.54) is 4.88 Å². The third kappa shape index (κ3) is 1.75. The van der Waals surface area contributed by atoms with Crippen LogP contribution >= 0.6 is 11.3 Å². The lowest BCUT2D eigenvalue weighted by Crippen LogP contribution is -1.96. The fraction of sp³-hybridized carbons (Fsp3) is 0.200. The minimum absolute atomic E-state index is 0.799. The Morgan fingerprint density at radius 1 is 1.50 bits per heavy atom. The molecule has 0 radical (unpaired) electrons. The highest BCUT2D eigenvalue weighted by atomic mass is 32.1. The van der Waals surface area contributed by atoms with Gasteiger partial charge in [0.05, 0.1) is 11.2 Å². The minimum atomic E-state index is 0.799. The first-order valence-corrected chi connectivity index (χ1v) is 5.22. The second-order valence-corrected chi connectivity index (χ2v) is 4.05. The van der Waals surface area contributed by atoms with E-state index in [9.17, 15) is 0 Å². The molecule has 0 aromatic carbocycles. The van der Waals surface area contributed by atoms with Crippen molar-refractivity contribution in [3.05, 3.63) is 40.1 Å². The number of hydrogen-bond donors (Lipinski definition) is 1. The van der Waals surface area contributed by atoms with Crippen LogP contribution in [0.4, 0.5) is 5.69 Å². The highest BCUT2D eigenvalue weighted by molar-refractivity contribution is 7.09. The number of rotatable bonds is 2. The van der Waals surface area contributed by atoms with Crippen molar-refractivity contribution < 1.29 is 0 Å². The number of nitrogen functional groups attached to an aromatic ring is 1. The maximum absolute atomic E-state index is 5.83. The number of thiazole rings is 1. The first-order chi connectivity index (χ1) is 6.77. The van der Waals surface area contributed by atoms with Gasteiger partial charge in [0.15, 0.2) is 0 Å². The zero-order valence-corrected chi connectivity index (χ0v) is 8.71. The molecule has 0 amide bonds. The van der Waals surface area contributed by atoms with Gasteiger partial charge >= 0.3 is 0 Å². The van der Waals surface area contributed by atoms with E-state index in [0.717, 1.165) is 23.4 Å². The van der Waals surface area contributed by atoms with Gasteiger partial charge in [-0.1, -0.05) is 0 Å². The number of aromatic nitrogens is 2. The van der Waals surface area contributed by atoms with Crippen molar-refractivity contribution >= 4 is 17.0 Å². The van der Waals surface area contributed by atoms with Gasteiger partial charge in [-0.25, -0.2) is 4.98 Å². The number of pyridine rings is 1. The fourth-order valence-electron chi connectivity index (χ4n) is 1.25. The molecule has 4 heteroatoms. The van der Waals surface area contributed by atoms with Crippen molar-refractivity contribution in [1.29, 1.82) is 0 Å². The second-order valence-electron chi connectivity index (χ2n) is 3.11. The van der Waals surface area contributed by atoms with Crippen LogP contribution in [0.15, 0.2) is 24.0 Å². The van der Waals surface area contributed by atoms with Gasteiger partial charge in [0.2, 0.25) is 0 Å². The Morgan fingerprint density at radius 2 is 2.36 bits per heavy atom. The zero-order chi connectivity index (χ0) is 9.97. The predicted molar refractivity (Wildman–Crippen MR) is 58.3 cm³/mol. The molecule has 2 aromatic heterocycles. The number of anilines is 1. The van der Waals surface area contributed by atoms with Crippen molar-refractivity contribution in [3.8, 4) is 0 Å². The molecule has 0 bridgehead atoms. The van der Waals surface area contributed by atoms with Crippen LogP contribution in [0.1, 0.15) is 16.1 Å². The largest absolute Gasteiger partial charge is 0.398 e. The lowest BCUT2D eigenvalue weighted by molar-refractivity contribution is 1.13. The molecule has 2 heterocycles. The van der Waals surface area contributed by atoms with E-state index in [0.29, 0.717) is 0 Å². The predicted octanol–water partition coefficient (Wildman–Crippen LogP) is 2.02. The van der Waals surface area contributed by atoms with Crippen molar-refractivity contribution in [1.82, 2.24) is 9.97 Å². The molecule has 72 valence electrons. The number of nitrogens with two attached hydrogens (primary N) is 1. The van der Waals surface area contributed by atoms with Gasteiger partial charge < -0.3 is 5.73 Å². The summed E-state index contributed by atoms with van der Waals surface area (Å²) in [4.78, 5) is 9.51. The summed E-state index contributed by atoms with van der Waals surface area (Å²) in [7, 11) is 0. The monoisotopic (exact) mass is 205 g/mol. The lowest BCUT2D eigenvalue weighted by atomic mass is 10.1. The number of nitrogens with zero attached hydrogens (tertiary/aromatic N) is 2. The van der Waals surface area contributed by atoms with Crippen molar-refractivity contribution in [2.45, 2.75) is 13.3 Å². The van der Waals surface area contributed by atoms with Crippen LogP contribution in [0, 0.1) is 6.92 Å². The van der Waals surface area contributed by atoms with E-state index in [4.69, 9.17) is 5.73 Å². The Kier molecular flexibility index (Phi) is 2.45. The summed E-state index contributed by atoms with van der Waals surface area (Å²) >= 11 is 1.66. The Labute approximate surface area is 86.6 Å². The first-order valence-electron chi connectivity index (χ1n) is 4.34. The number of hydrogen-bond acceptors (Lipinski definition) is 4. The van der Waals surface area contributed by atoms with Crippen LogP contribution < -0.4 is 5.73 Å². The molecule has 0 fully saturated rings. The van der Waals surface area contributed by atoms with Gasteiger partial charge in [-0.2, -0.15) is 0 Å². The average molecular weight is 205 g/mol. The fourth-order valence-corrected chi connectivity index (χ4v) is 2.05. The van der Waals surface area contributed by atoms with Crippen molar-refractivity contribution in [3.63, 3.8) is 0 Å². The summed E-state index contributed by atoms with van der Waals surface area (Å²) in [6.07, 6.45) is 4.35. The molecule has 0 aliphatic carbocycles. The maximum Gasteiger partial charge on any atom is 0.0797 e. The zero-order valence-electron chi connectivity index (χ0n) is 7.90. The molecule has 0 saturated carbocycles. The third-order valence-electron chi connectivity index (χ3n) is 2.14. The average Bonchev–Trinajstić information content (AvgIpc) is 2.56. The van der Waals surface area contributed by atoms with Crippen LogP contribution in [-0.4, -0.2) is 9.97 Å². The summed E-state index contributed by atoms with van der Waals surface area (Å²) in [5.74, 6) is 0. The Morgan fingerprint density at radius 3 is 3.00 bits per heavy atom. The van der Waals surface area contributed by atoms with Crippen LogP contribution in [0.2, 0.25) is 0 Å². The van der Waals surface area contributed by atoms with E-state index in [1.54, 1.807) is 17.5 Å². The van der Waals surface area contributed by atoms with Gasteiger partial charge in [-0.15, -0.1) is 11.3 Å². The quantitative estimate of drug-likeness (QED) is 0.816. The molecule has 14 heavy (non-hydrogen) atoms. The smallest absolute Gasteiger partial charge is 0.0797 e. The molecular weight excluding hydrogens is 194 g/mol. The van der Waals surface area contributed by atoms with E-state index >= 15 is 0 Å². The highest BCUT2D eigenvalue weighted by Crippen LogP contribution is 2.19. The first kappa shape index (κ1) is 9.15. The molecule has 2 aromatic rings. The topological polar surface area (TPSA) is 51.8 Å². The van der Waals surface area contributed by atoms with E-state index in [1.807, 2.05) is 24.7 Å². The third-order valence-corrected chi connectivity index (χ3v) is 3.07. The SMILES string of the molecule is Cc1ncsc1Cc1cnccc1N. The van der Waals surface area contributed by atoms with E-state index in [2.05, 4.69) is 9.97 Å². The van der Waals surface area contributed by atoms with Gasteiger partial charge in [0.25, 0.3) is 0 Å². The van der Waals surface area contributed by atoms with Gasteiger partial charge in [0, 0.05) is 29.4 Å². The highest BCUT2D eigenvalue weighted by Gasteiger charge is 2.05. The Balaban J connectivity index is 2.28. The molecule has 0 unspecified atom stereocenters. The van der Waals surface area contributed by atoms with Crippen LogP contribution in [0.25, 0.3) is 0 Å². The summed E-state index contributed by atoms with van der Waals surface area (Å²) < 4.78 is 0. The summed E-state index contributed by atoms with van der Waals surface area (Å²) in [5, 5.41) is 0. The summed E-state index contributed by atoms with van der Waals surface area (Å²) in [5.41, 5.74) is 10.6. The second kappa shape index (κ2) is 3.75.